The molecule has 0 unspecified atom stereocenters. The summed E-state index contributed by atoms with van der Waals surface area (Å²) in [6.07, 6.45) is 0.815. The Hall–Kier alpha value is -1.61. The second-order valence-electron chi connectivity index (χ2n) is 4.09. The second-order valence-corrected chi connectivity index (χ2v) is 4.94. The van der Waals surface area contributed by atoms with E-state index in [0.29, 0.717) is 12.2 Å². The van der Waals surface area contributed by atoms with E-state index in [0.717, 1.165) is 22.1 Å². The van der Waals surface area contributed by atoms with Crippen LogP contribution in [0.2, 0.25) is 0 Å². The fourth-order valence-corrected chi connectivity index (χ4v) is 2.18. The van der Waals surface area contributed by atoms with Gasteiger partial charge in [0.15, 0.2) is 0 Å². The van der Waals surface area contributed by atoms with Crippen molar-refractivity contribution in [3.63, 3.8) is 0 Å². The van der Waals surface area contributed by atoms with E-state index in [-0.39, 0.29) is 0 Å². The minimum atomic E-state index is 0.515. The minimum absolute atomic E-state index is 0.515. The van der Waals surface area contributed by atoms with Gasteiger partial charge in [-0.3, -0.25) is 4.79 Å². The highest BCUT2D eigenvalue weighted by atomic mass is 79.9. The molecule has 0 aliphatic carbocycles. The van der Waals surface area contributed by atoms with Crippen LogP contribution in [-0.2, 0) is 6.61 Å². The molecular weight excluding hydrogens is 292 g/mol. The molecule has 2 rings (SSSR count). The predicted octanol–water partition coefficient (Wildman–Crippen LogP) is 4.15. The third kappa shape index (κ3) is 3.20. The van der Waals surface area contributed by atoms with Crippen LogP contribution in [0, 0.1) is 6.92 Å². The molecule has 0 spiro atoms. The van der Waals surface area contributed by atoms with Gasteiger partial charge in [-0.2, -0.15) is 0 Å². The van der Waals surface area contributed by atoms with E-state index in [9.17, 15) is 4.79 Å². The molecule has 18 heavy (non-hydrogen) atoms. The number of hydrogen-bond acceptors (Lipinski definition) is 2. The molecule has 0 aliphatic rings. The lowest BCUT2D eigenvalue weighted by Gasteiger charge is -2.09. The Bertz CT molecular complexity index is 564. The molecule has 0 bridgehead atoms. The highest BCUT2D eigenvalue weighted by Crippen LogP contribution is 2.26. The summed E-state index contributed by atoms with van der Waals surface area (Å²) >= 11 is 3.39. The summed E-state index contributed by atoms with van der Waals surface area (Å²) in [4.78, 5) is 10.6. The van der Waals surface area contributed by atoms with Crippen molar-refractivity contribution in [3.05, 3.63) is 63.6 Å². The molecule has 0 radical (unpaired) electrons. The molecule has 0 heterocycles. The van der Waals surface area contributed by atoms with Gasteiger partial charge in [0.1, 0.15) is 18.6 Å². The maximum Gasteiger partial charge on any atom is 0.150 e. The lowest BCUT2D eigenvalue weighted by atomic mass is 10.1. The maximum atomic E-state index is 10.6. The van der Waals surface area contributed by atoms with Crippen LogP contribution in [0.15, 0.2) is 46.9 Å². The molecule has 0 N–H and O–H groups in total. The Balaban J connectivity index is 2.08. The summed E-state index contributed by atoms with van der Waals surface area (Å²) in [5.74, 6) is 0.738. The van der Waals surface area contributed by atoms with Gasteiger partial charge in [0, 0.05) is 5.56 Å². The van der Waals surface area contributed by atoms with Gasteiger partial charge < -0.3 is 4.74 Å². The predicted molar refractivity (Wildman–Crippen MR) is 75.0 cm³/mol. The number of carbonyl (C=O) groups excluding carboxylic acids is 1. The first-order valence-electron chi connectivity index (χ1n) is 5.62. The van der Waals surface area contributed by atoms with Crippen LogP contribution in [0.25, 0.3) is 0 Å². The lowest BCUT2D eigenvalue weighted by molar-refractivity contribution is 0.112. The third-order valence-corrected chi connectivity index (χ3v) is 3.19. The summed E-state index contributed by atoms with van der Waals surface area (Å²) in [7, 11) is 0. The van der Waals surface area contributed by atoms with Gasteiger partial charge in [0.05, 0.1) is 4.47 Å². The Morgan fingerprint density at radius 1 is 1.22 bits per heavy atom. The number of aryl methyl sites for hydroxylation is 1. The molecule has 3 heteroatoms. The van der Waals surface area contributed by atoms with Crippen molar-refractivity contribution in [1.82, 2.24) is 0 Å². The molecule has 2 aromatic rings. The van der Waals surface area contributed by atoms with Crippen molar-refractivity contribution in [1.29, 1.82) is 0 Å². The first kappa shape index (κ1) is 12.8. The average molecular weight is 305 g/mol. The van der Waals surface area contributed by atoms with Gasteiger partial charge in [-0.15, -0.1) is 0 Å². The van der Waals surface area contributed by atoms with Gasteiger partial charge in [-0.25, -0.2) is 0 Å². The SMILES string of the molecule is Cc1cccc(COc2ccc(C=O)cc2Br)c1. The molecule has 92 valence electrons. The smallest absolute Gasteiger partial charge is 0.150 e. The van der Waals surface area contributed by atoms with Crippen LogP contribution in [0.5, 0.6) is 5.75 Å². The molecule has 0 amide bonds. The van der Waals surface area contributed by atoms with Crippen LogP contribution < -0.4 is 4.74 Å². The van der Waals surface area contributed by atoms with Gasteiger partial charge >= 0.3 is 0 Å². The Kier molecular flexibility index (Phi) is 4.15. The molecular formula is C15H13BrO2. The van der Waals surface area contributed by atoms with E-state index in [4.69, 9.17) is 4.74 Å². The highest BCUT2D eigenvalue weighted by molar-refractivity contribution is 9.10. The normalized spacial score (nSPS) is 10.1. The summed E-state index contributed by atoms with van der Waals surface area (Å²) in [5.41, 5.74) is 2.97. The van der Waals surface area contributed by atoms with E-state index >= 15 is 0 Å². The summed E-state index contributed by atoms with van der Waals surface area (Å²) in [6, 6.07) is 13.5. The molecule has 0 saturated heterocycles. The monoisotopic (exact) mass is 304 g/mol. The summed E-state index contributed by atoms with van der Waals surface area (Å²) < 4.78 is 6.51. The molecule has 0 saturated carbocycles. The van der Waals surface area contributed by atoms with Crippen LogP contribution in [0.1, 0.15) is 21.5 Å². The number of halogens is 1. The molecule has 0 fully saturated rings. The second kappa shape index (κ2) is 5.83. The van der Waals surface area contributed by atoms with E-state index in [1.165, 1.54) is 5.56 Å². The van der Waals surface area contributed by atoms with Gasteiger partial charge in [-0.1, -0.05) is 29.8 Å². The zero-order valence-electron chi connectivity index (χ0n) is 10.0. The fourth-order valence-electron chi connectivity index (χ4n) is 1.67. The molecule has 0 aliphatic heterocycles. The largest absolute Gasteiger partial charge is 0.488 e. The molecule has 2 aromatic carbocycles. The molecule has 0 aromatic heterocycles. The Morgan fingerprint density at radius 3 is 2.72 bits per heavy atom. The Labute approximate surface area is 115 Å². The average Bonchev–Trinajstić information content (AvgIpc) is 2.37. The van der Waals surface area contributed by atoms with Crippen LogP contribution >= 0.6 is 15.9 Å². The van der Waals surface area contributed by atoms with Crippen molar-refractivity contribution in [3.8, 4) is 5.75 Å². The van der Waals surface area contributed by atoms with Gasteiger partial charge in [-0.05, 0) is 46.6 Å². The first-order chi connectivity index (χ1) is 8.69. The van der Waals surface area contributed by atoms with Crippen molar-refractivity contribution in [2.24, 2.45) is 0 Å². The van der Waals surface area contributed by atoms with E-state index < -0.39 is 0 Å². The van der Waals surface area contributed by atoms with E-state index in [2.05, 4.69) is 35.0 Å². The van der Waals surface area contributed by atoms with Gasteiger partial charge in [0.2, 0.25) is 0 Å². The Morgan fingerprint density at radius 2 is 2.06 bits per heavy atom. The van der Waals surface area contributed by atoms with Crippen molar-refractivity contribution < 1.29 is 9.53 Å². The highest BCUT2D eigenvalue weighted by Gasteiger charge is 2.03. The fraction of sp³-hybridized carbons (Fsp3) is 0.133. The number of carbonyl (C=O) groups is 1. The third-order valence-electron chi connectivity index (χ3n) is 2.57. The maximum absolute atomic E-state index is 10.6. The molecule has 0 atom stereocenters. The zero-order chi connectivity index (χ0) is 13.0. The van der Waals surface area contributed by atoms with Gasteiger partial charge in [0.25, 0.3) is 0 Å². The van der Waals surface area contributed by atoms with Crippen molar-refractivity contribution in [2.45, 2.75) is 13.5 Å². The first-order valence-corrected chi connectivity index (χ1v) is 6.41. The van der Waals surface area contributed by atoms with Crippen LogP contribution in [0.4, 0.5) is 0 Å². The number of ether oxygens (including phenoxy) is 1. The van der Waals surface area contributed by atoms with E-state index in [1.807, 2.05) is 12.1 Å². The van der Waals surface area contributed by atoms with Crippen molar-refractivity contribution >= 4 is 22.2 Å². The number of aldehydes is 1. The summed E-state index contributed by atoms with van der Waals surface area (Å²) in [5, 5.41) is 0. The number of benzene rings is 2. The van der Waals surface area contributed by atoms with Crippen LogP contribution in [-0.4, -0.2) is 6.29 Å². The minimum Gasteiger partial charge on any atom is -0.488 e. The standard InChI is InChI=1S/C15H13BrO2/c1-11-3-2-4-13(7-11)10-18-15-6-5-12(9-17)8-14(15)16/h2-9H,10H2,1H3. The zero-order valence-corrected chi connectivity index (χ0v) is 11.6. The lowest BCUT2D eigenvalue weighted by Crippen LogP contribution is -1.96. The topological polar surface area (TPSA) is 26.3 Å². The van der Waals surface area contributed by atoms with E-state index in [1.54, 1.807) is 18.2 Å². The van der Waals surface area contributed by atoms with Crippen LogP contribution in [0.3, 0.4) is 0 Å². The number of hydrogen-bond donors (Lipinski definition) is 0. The summed E-state index contributed by atoms with van der Waals surface area (Å²) in [6.45, 7) is 2.57. The quantitative estimate of drug-likeness (QED) is 0.793. The van der Waals surface area contributed by atoms with Crippen molar-refractivity contribution in [2.75, 3.05) is 0 Å². The molecule has 2 nitrogen and oxygen atoms in total. The number of rotatable bonds is 4.